The number of ether oxygens (including phenoxy) is 2. The number of rotatable bonds is 2. The molecule has 0 aliphatic carbocycles. The summed E-state index contributed by atoms with van der Waals surface area (Å²) in [6.07, 6.45) is -0.00296. The lowest BCUT2D eigenvalue weighted by molar-refractivity contribution is -0.00150. The lowest BCUT2D eigenvalue weighted by Gasteiger charge is -2.31. The maximum atomic E-state index is 6.18. The number of hydrogen-bond donors (Lipinski definition) is 1. The SMILES string of the molecule is COc1cc(C)c(Cl)cc1C1OCCNC1C. The summed E-state index contributed by atoms with van der Waals surface area (Å²) in [6, 6.07) is 4.17. The molecule has 17 heavy (non-hydrogen) atoms. The van der Waals surface area contributed by atoms with Gasteiger partial charge in [-0.15, -0.1) is 0 Å². The van der Waals surface area contributed by atoms with E-state index in [2.05, 4.69) is 12.2 Å². The topological polar surface area (TPSA) is 30.5 Å². The van der Waals surface area contributed by atoms with Gasteiger partial charge in [0.1, 0.15) is 11.9 Å². The lowest BCUT2D eigenvalue weighted by Crippen LogP contribution is -2.41. The van der Waals surface area contributed by atoms with Crippen LogP contribution in [0.3, 0.4) is 0 Å². The number of benzene rings is 1. The van der Waals surface area contributed by atoms with Crippen LogP contribution in [0.4, 0.5) is 0 Å². The molecule has 1 N–H and O–H groups in total. The summed E-state index contributed by atoms with van der Waals surface area (Å²) in [5.41, 5.74) is 2.03. The Bertz CT molecular complexity index is 409. The quantitative estimate of drug-likeness (QED) is 0.882. The molecular weight excluding hydrogens is 238 g/mol. The Balaban J connectivity index is 2.38. The van der Waals surface area contributed by atoms with E-state index in [4.69, 9.17) is 21.1 Å². The van der Waals surface area contributed by atoms with Gasteiger partial charge in [-0.1, -0.05) is 11.6 Å². The number of hydrogen-bond acceptors (Lipinski definition) is 3. The first-order valence-corrected chi connectivity index (χ1v) is 6.20. The molecule has 0 amide bonds. The molecule has 1 aromatic carbocycles. The Kier molecular flexibility index (Phi) is 3.92. The summed E-state index contributed by atoms with van der Waals surface area (Å²) in [7, 11) is 1.67. The van der Waals surface area contributed by atoms with Crippen molar-refractivity contribution in [3.05, 3.63) is 28.3 Å². The van der Waals surface area contributed by atoms with Gasteiger partial charge in [0.2, 0.25) is 0 Å². The van der Waals surface area contributed by atoms with Crippen molar-refractivity contribution < 1.29 is 9.47 Å². The van der Waals surface area contributed by atoms with Crippen LogP contribution in [0.2, 0.25) is 5.02 Å². The van der Waals surface area contributed by atoms with E-state index in [0.29, 0.717) is 6.61 Å². The summed E-state index contributed by atoms with van der Waals surface area (Å²) < 4.78 is 11.2. The third-order valence-electron chi connectivity index (χ3n) is 3.14. The second-order valence-corrected chi connectivity index (χ2v) is 4.78. The Morgan fingerprint density at radius 2 is 2.24 bits per heavy atom. The van der Waals surface area contributed by atoms with E-state index in [-0.39, 0.29) is 12.1 Å². The Labute approximate surface area is 107 Å². The normalized spacial score (nSPS) is 24.7. The molecule has 1 saturated heterocycles. The minimum atomic E-state index is -0.00296. The zero-order valence-electron chi connectivity index (χ0n) is 10.4. The number of nitrogens with one attached hydrogen (secondary N) is 1. The zero-order chi connectivity index (χ0) is 12.4. The summed E-state index contributed by atoms with van der Waals surface area (Å²) >= 11 is 6.18. The van der Waals surface area contributed by atoms with Gasteiger partial charge in [-0.05, 0) is 31.5 Å². The average molecular weight is 256 g/mol. The highest BCUT2D eigenvalue weighted by atomic mass is 35.5. The molecule has 2 unspecified atom stereocenters. The van der Waals surface area contributed by atoms with Gasteiger partial charge in [-0.2, -0.15) is 0 Å². The van der Waals surface area contributed by atoms with Crippen molar-refractivity contribution >= 4 is 11.6 Å². The second-order valence-electron chi connectivity index (χ2n) is 4.38. The molecule has 3 nitrogen and oxygen atoms in total. The van der Waals surface area contributed by atoms with Gasteiger partial charge in [-0.3, -0.25) is 0 Å². The van der Waals surface area contributed by atoms with Crippen LogP contribution >= 0.6 is 11.6 Å². The summed E-state index contributed by atoms with van der Waals surface area (Å²) in [5.74, 6) is 0.840. The largest absolute Gasteiger partial charge is 0.496 e. The van der Waals surface area contributed by atoms with Gasteiger partial charge in [-0.25, -0.2) is 0 Å². The van der Waals surface area contributed by atoms with Crippen molar-refractivity contribution in [1.82, 2.24) is 5.32 Å². The van der Waals surface area contributed by atoms with E-state index < -0.39 is 0 Å². The van der Waals surface area contributed by atoms with Crippen LogP contribution in [0.1, 0.15) is 24.2 Å². The fourth-order valence-electron chi connectivity index (χ4n) is 2.15. The van der Waals surface area contributed by atoms with Gasteiger partial charge >= 0.3 is 0 Å². The first-order chi connectivity index (χ1) is 8.13. The predicted molar refractivity (Wildman–Crippen MR) is 68.9 cm³/mol. The van der Waals surface area contributed by atoms with Crippen molar-refractivity contribution in [2.45, 2.75) is 26.0 Å². The smallest absolute Gasteiger partial charge is 0.125 e. The Morgan fingerprint density at radius 1 is 1.47 bits per heavy atom. The molecular formula is C13H18ClNO2. The molecule has 2 atom stereocenters. The average Bonchev–Trinajstić information content (AvgIpc) is 2.33. The predicted octanol–water partition coefficient (Wildman–Crippen LogP) is 2.71. The highest BCUT2D eigenvalue weighted by molar-refractivity contribution is 6.31. The van der Waals surface area contributed by atoms with E-state index in [9.17, 15) is 0 Å². The Morgan fingerprint density at radius 3 is 2.88 bits per heavy atom. The van der Waals surface area contributed by atoms with Crippen LogP contribution in [0.5, 0.6) is 5.75 Å². The molecule has 1 aliphatic rings. The molecule has 0 radical (unpaired) electrons. The lowest BCUT2D eigenvalue weighted by atomic mass is 9.99. The monoisotopic (exact) mass is 255 g/mol. The molecule has 2 rings (SSSR count). The van der Waals surface area contributed by atoms with Gasteiger partial charge in [0.15, 0.2) is 0 Å². The third kappa shape index (κ3) is 2.57. The molecule has 94 valence electrons. The molecule has 4 heteroatoms. The minimum absolute atomic E-state index is 0.00296. The minimum Gasteiger partial charge on any atom is -0.496 e. The van der Waals surface area contributed by atoms with Gasteiger partial charge in [0, 0.05) is 23.2 Å². The maximum Gasteiger partial charge on any atom is 0.125 e. The molecule has 0 aromatic heterocycles. The van der Waals surface area contributed by atoms with Crippen molar-refractivity contribution in [3.63, 3.8) is 0 Å². The van der Waals surface area contributed by atoms with Crippen molar-refractivity contribution in [3.8, 4) is 5.75 Å². The van der Waals surface area contributed by atoms with Crippen molar-refractivity contribution in [2.75, 3.05) is 20.3 Å². The molecule has 0 saturated carbocycles. The van der Waals surface area contributed by atoms with Gasteiger partial charge in [0.25, 0.3) is 0 Å². The second kappa shape index (κ2) is 5.25. The fraction of sp³-hybridized carbons (Fsp3) is 0.538. The number of aryl methyl sites for hydroxylation is 1. The van der Waals surface area contributed by atoms with E-state index in [1.165, 1.54) is 0 Å². The first-order valence-electron chi connectivity index (χ1n) is 5.82. The van der Waals surface area contributed by atoms with Crippen LogP contribution in [0.15, 0.2) is 12.1 Å². The van der Waals surface area contributed by atoms with Crippen LogP contribution in [-0.2, 0) is 4.74 Å². The van der Waals surface area contributed by atoms with E-state index >= 15 is 0 Å². The van der Waals surface area contributed by atoms with Crippen LogP contribution < -0.4 is 10.1 Å². The fourth-order valence-corrected chi connectivity index (χ4v) is 2.32. The van der Waals surface area contributed by atoms with Crippen molar-refractivity contribution in [1.29, 1.82) is 0 Å². The van der Waals surface area contributed by atoms with Crippen LogP contribution in [0.25, 0.3) is 0 Å². The van der Waals surface area contributed by atoms with E-state index in [0.717, 1.165) is 28.4 Å². The van der Waals surface area contributed by atoms with E-state index in [1.54, 1.807) is 7.11 Å². The molecule has 1 heterocycles. The Hall–Kier alpha value is -0.770. The van der Waals surface area contributed by atoms with Crippen molar-refractivity contribution in [2.24, 2.45) is 0 Å². The highest BCUT2D eigenvalue weighted by Crippen LogP contribution is 2.35. The van der Waals surface area contributed by atoms with Gasteiger partial charge in [0.05, 0.1) is 13.7 Å². The molecule has 0 spiro atoms. The van der Waals surface area contributed by atoms with Gasteiger partial charge < -0.3 is 14.8 Å². The summed E-state index contributed by atoms with van der Waals surface area (Å²) in [4.78, 5) is 0. The molecule has 1 aromatic rings. The third-order valence-corrected chi connectivity index (χ3v) is 3.54. The molecule has 1 fully saturated rings. The standard InChI is InChI=1S/C13H18ClNO2/c1-8-6-12(16-3)10(7-11(8)14)13-9(2)15-4-5-17-13/h6-7,9,13,15H,4-5H2,1-3H3. The van der Waals surface area contributed by atoms with E-state index in [1.807, 2.05) is 19.1 Å². The molecule has 1 aliphatic heterocycles. The maximum absolute atomic E-state index is 6.18. The van der Waals surface area contributed by atoms with Crippen LogP contribution in [0, 0.1) is 6.92 Å². The summed E-state index contributed by atoms with van der Waals surface area (Å²) in [5, 5.41) is 4.14. The summed E-state index contributed by atoms with van der Waals surface area (Å²) in [6.45, 7) is 5.68. The number of methoxy groups -OCH3 is 1. The molecule has 0 bridgehead atoms. The first kappa shape index (κ1) is 12.7. The highest BCUT2D eigenvalue weighted by Gasteiger charge is 2.26. The van der Waals surface area contributed by atoms with Crippen LogP contribution in [-0.4, -0.2) is 26.3 Å². The zero-order valence-corrected chi connectivity index (χ0v) is 11.2. The number of morpholine rings is 1. The number of halogens is 1.